The number of rotatable bonds is 27. The van der Waals surface area contributed by atoms with Gasteiger partial charge in [-0.2, -0.15) is 25.3 Å². The quantitative estimate of drug-likeness (QED) is 0.0251. The van der Waals surface area contributed by atoms with E-state index >= 15 is 0 Å². The summed E-state index contributed by atoms with van der Waals surface area (Å²) < 4.78 is 135. The lowest BCUT2D eigenvalue weighted by Gasteiger charge is -2.34. The number of aryl methyl sites for hydroxylation is 3. The van der Waals surface area contributed by atoms with E-state index in [-0.39, 0.29) is 106 Å². The number of nitrogens with two attached hydrogens (primary N) is 3. The smallest absolute Gasteiger partial charge is 0.281 e. The molecule has 147 heavy (non-hydrogen) atoms. The Labute approximate surface area is 870 Å². The van der Waals surface area contributed by atoms with Crippen LogP contribution in [0.4, 0.5) is 40.7 Å². The van der Waals surface area contributed by atoms with Crippen LogP contribution >= 0.6 is 11.6 Å². The van der Waals surface area contributed by atoms with E-state index in [1.54, 1.807) is 36.5 Å². The number of anilines is 7. The molecule has 2 aromatic carbocycles. The highest BCUT2D eigenvalue weighted by Crippen LogP contribution is 2.47. The van der Waals surface area contributed by atoms with Gasteiger partial charge in [0.1, 0.15) is 57.5 Å². The standard InChI is InChI=1S/C29H36ClN5O4S.C28H39N3O5S.C27H34N6O4S.C23H33N5O3S/c1-17(2)16-39-21-11-18(3)10-20(12-21)26-23(30)13-22(27(33-26)35-15-19(4)14-29(35,5)6)28(36)34-40(37,38)25-9-7-8-24(31)32-25;1-18(2)16-36-22-12-19(3)11-21(13-22)25-8-7-24(26(29-25)31-15-20(4)14-28(31,5)6)27(32)30-37(33,34)23-9-10-35-17-23;1-16(2)37-23-13-17(3)12-21(29-23)20-11-10-19(25(30-20)33-15-18(4)14-27(33,5)6)26(34)32-38(35,36)24-9-7-8-22(28)31-24;1-21(2,3)15-11-16(19(25-12-15)28-14-22(4,5)13-23(28,6)7)20(29)27-32(30,31)18-10-8-9-17(24)26-18/h7-13,17,19H,14-16H2,1-6H3,(H2,31,32)(H,34,36);7-8,11-13,18,20,23H,9-10,14-17H2,1-6H3,(H,30,32);7-13,16,18H,14-15H2,1-6H3,(H2,28,31)(H,32,34);8-12H,13-14H2,1-7H3,(H2,24,26)(H,27,29)/t19-;20-,23?;18-;/m000./s1. The molecule has 13 heterocycles. The highest BCUT2D eigenvalue weighted by atomic mass is 35.5. The molecule has 35 nitrogen and oxygen atoms in total. The van der Waals surface area contributed by atoms with E-state index in [0.717, 1.165) is 71.4 Å². The minimum atomic E-state index is -4.31. The Morgan fingerprint density at radius 2 is 0.884 bits per heavy atom. The lowest BCUT2D eigenvalue weighted by Crippen LogP contribution is -2.42. The van der Waals surface area contributed by atoms with Gasteiger partial charge in [0, 0.05) is 78.3 Å². The van der Waals surface area contributed by atoms with Crippen LogP contribution in [0, 0.1) is 55.8 Å². The van der Waals surface area contributed by atoms with Gasteiger partial charge in [-0.15, -0.1) is 0 Å². The number of nitrogens with one attached hydrogen (secondary N) is 4. The number of pyridine rings is 8. The van der Waals surface area contributed by atoms with Gasteiger partial charge in [-0.3, -0.25) is 19.2 Å². The Hall–Kier alpha value is -12.4. The number of sulfonamides is 4. The van der Waals surface area contributed by atoms with Gasteiger partial charge in [0.2, 0.25) is 15.9 Å². The van der Waals surface area contributed by atoms with Gasteiger partial charge in [-0.05, 0) is 300 Å². The summed E-state index contributed by atoms with van der Waals surface area (Å²) in [4.78, 5) is 97.6. The number of carbonyl (C=O) groups is 4. The fourth-order valence-corrected chi connectivity index (χ4v) is 23.8. The molecule has 5 aliphatic heterocycles. The summed E-state index contributed by atoms with van der Waals surface area (Å²) in [6.07, 6.45) is 5.71. The summed E-state index contributed by atoms with van der Waals surface area (Å²) in [7, 11) is -16.6. The Morgan fingerprint density at radius 1 is 0.469 bits per heavy atom. The number of carbonyl (C=O) groups excluding carboxylic acids is 4. The first-order chi connectivity index (χ1) is 68.3. The molecule has 40 heteroatoms. The van der Waals surface area contributed by atoms with Crippen LogP contribution < -0.4 is 69.9 Å². The fraction of sp³-hybridized carbons (Fsp3) is 0.477. The molecule has 10 aromatic rings. The monoisotopic (exact) mass is 2110 g/mol. The molecule has 10 N–H and O–H groups in total. The number of nitrogen functional groups attached to an aromatic ring is 3. The topological polar surface area (TPSA) is 484 Å². The van der Waals surface area contributed by atoms with Crippen molar-refractivity contribution in [1.29, 1.82) is 0 Å². The fourth-order valence-electron chi connectivity index (χ4n) is 19.5. The summed E-state index contributed by atoms with van der Waals surface area (Å²) in [6, 6.07) is 38.1. The summed E-state index contributed by atoms with van der Waals surface area (Å²) >= 11 is 6.75. The maximum atomic E-state index is 13.6. The van der Waals surface area contributed by atoms with Crippen molar-refractivity contribution >= 4 is 116 Å². The molecule has 4 amide bonds. The van der Waals surface area contributed by atoms with Gasteiger partial charge in [0.25, 0.3) is 53.7 Å². The average molecular weight is 2110 g/mol. The van der Waals surface area contributed by atoms with Crippen molar-refractivity contribution in [3.63, 3.8) is 0 Å². The largest absolute Gasteiger partial charge is 0.493 e. The molecule has 5 fully saturated rings. The van der Waals surface area contributed by atoms with Gasteiger partial charge in [0.15, 0.2) is 15.1 Å². The second kappa shape index (κ2) is 44.5. The average Bonchev–Trinajstić information content (AvgIpc) is 1.54. The highest BCUT2D eigenvalue weighted by Gasteiger charge is 2.48. The summed E-state index contributed by atoms with van der Waals surface area (Å²) in [5.74, 6) is 2.55. The number of amides is 4. The van der Waals surface area contributed by atoms with Crippen LogP contribution in [0.3, 0.4) is 0 Å². The predicted octanol–water partition coefficient (Wildman–Crippen LogP) is 17.5. The highest BCUT2D eigenvalue weighted by molar-refractivity contribution is 7.91. The van der Waals surface area contributed by atoms with E-state index in [9.17, 15) is 52.8 Å². The van der Waals surface area contributed by atoms with Crippen molar-refractivity contribution in [2.45, 2.75) is 259 Å². The predicted molar refractivity (Wildman–Crippen MR) is 576 cm³/mol. The molecule has 4 atom stereocenters. The molecule has 0 aliphatic carbocycles. The zero-order chi connectivity index (χ0) is 108. The molecule has 8 aromatic heterocycles. The Morgan fingerprint density at radius 3 is 1.29 bits per heavy atom. The molecule has 0 spiro atoms. The van der Waals surface area contributed by atoms with Gasteiger partial charge in [-0.25, -0.2) is 67.2 Å². The van der Waals surface area contributed by atoms with E-state index in [0.29, 0.717) is 133 Å². The third-order valence-corrected chi connectivity index (χ3v) is 31.3. The minimum absolute atomic E-state index is 0.0211. The summed E-state index contributed by atoms with van der Waals surface area (Å²) in [5.41, 5.74) is 23.9. The number of nitrogens with zero attached hydrogens (tertiary/aromatic N) is 12. The maximum absolute atomic E-state index is 13.6. The second-order valence-corrected chi connectivity index (χ2v) is 51.8. The van der Waals surface area contributed by atoms with Crippen LogP contribution in [0.1, 0.15) is 248 Å². The normalized spacial score (nSPS) is 18.3. The van der Waals surface area contributed by atoms with E-state index in [2.05, 4.69) is 176 Å². The Bertz CT molecular complexity index is 7080. The van der Waals surface area contributed by atoms with Crippen LogP contribution in [-0.4, -0.2) is 183 Å². The van der Waals surface area contributed by atoms with E-state index < -0.39 is 69.0 Å². The van der Waals surface area contributed by atoms with E-state index in [1.165, 1.54) is 60.7 Å². The molecule has 792 valence electrons. The summed E-state index contributed by atoms with van der Waals surface area (Å²) in [5, 5.41) is -1.53. The number of benzene rings is 2. The van der Waals surface area contributed by atoms with Crippen LogP contribution in [0.15, 0.2) is 161 Å². The minimum Gasteiger partial charge on any atom is -0.493 e. The van der Waals surface area contributed by atoms with Crippen LogP contribution in [-0.2, 0) is 50.2 Å². The Kier molecular flexibility index (Phi) is 34.3. The Balaban J connectivity index is 0.000000175. The zero-order valence-electron chi connectivity index (χ0n) is 88.7. The number of halogens is 1. The number of aromatic nitrogens is 8. The molecule has 5 saturated heterocycles. The first kappa shape index (κ1) is 113. The van der Waals surface area contributed by atoms with E-state index in [1.807, 2.05) is 109 Å². The first-order valence-electron chi connectivity index (χ1n) is 49.3. The molecule has 0 radical (unpaired) electrons. The second-order valence-electron chi connectivity index (χ2n) is 44.6. The van der Waals surface area contributed by atoms with Gasteiger partial charge in [0.05, 0.1) is 76.0 Å². The van der Waals surface area contributed by atoms with Crippen molar-refractivity contribution in [3.05, 3.63) is 195 Å². The molecular formula is C107H142ClN19O16S4. The number of hydrogen-bond donors (Lipinski definition) is 7. The van der Waals surface area contributed by atoms with Crippen molar-refractivity contribution < 1.29 is 71.8 Å². The van der Waals surface area contributed by atoms with Gasteiger partial charge in [-0.1, -0.05) is 113 Å². The lowest BCUT2D eigenvalue weighted by atomic mass is 9.86. The lowest BCUT2D eigenvalue weighted by molar-refractivity contribution is 0.0972. The SMILES string of the molecule is CC1(C)CN(c2ncc(C(C)(C)C)cc2C(=O)NS(=O)(=O)c2cccc(N)n2)C(C)(C)C1.Cc1cc(OC(C)C)nc(-c2ccc(C(=O)NS(=O)(=O)c3cccc(N)n3)c(N3C[C@@H](C)CC3(C)C)n2)c1.Cc1cc(OCC(C)C)cc(-c2ccc(C(=O)NS(=O)(=O)C3CCOC3)c(N3C[C@@H](C)CC3(C)C)n2)c1.Cc1cc(OCC(C)C)cc(-c2nc(N3C[C@@H](C)CC3(C)C)c(C(=O)NS(=O)(=O)c3cccc(N)n3)cc2Cl)c1. The molecule has 0 bridgehead atoms. The van der Waals surface area contributed by atoms with Crippen molar-refractivity contribution in [2.24, 2.45) is 35.0 Å². The number of ether oxygens (including phenoxy) is 4. The van der Waals surface area contributed by atoms with Crippen molar-refractivity contribution in [3.8, 4) is 51.3 Å². The molecule has 15 rings (SSSR count). The van der Waals surface area contributed by atoms with Crippen LogP contribution in [0.5, 0.6) is 17.4 Å². The molecule has 0 saturated carbocycles. The van der Waals surface area contributed by atoms with Crippen molar-refractivity contribution in [1.82, 2.24) is 58.8 Å². The van der Waals surface area contributed by atoms with Crippen LogP contribution in [0.25, 0.3) is 33.9 Å². The molecular weight excluding hydrogens is 1970 g/mol. The maximum Gasteiger partial charge on any atom is 0.281 e. The third kappa shape index (κ3) is 28.4. The zero-order valence-corrected chi connectivity index (χ0v) is 92.8. The molecule has 5 aliphatic rings. The number of hydrogen-bond acceptors (Lipinski definition) is 31. The van der Waals surface area contributed by atoms with E-state index in [4.69, 9.17) is 62.7 Å². The molecule has 1 unspecified atom stereocenters. The van der Waals surface area contributed by atoms with Gasteiger partial charge < -0.3 is 55.7 Å². The third-order valence-electron chi connectivity index (χ3n) is 25.6. The van der Waals surface area contributed by atoms with Gasteiger partial charge >= 0.3 is 0 Å². The summed E-state index contributed by atoms with van der Waals surface area (Å²) in [6.45, 7) is 56.1. The van der Waals surface area contributed by atoms with Crippen molar-refractivity contribution in [2.75, 3.05) is 89.4 Å². The van der Waals surface area contributed by atoms with Crippen LogP contribution in [0.2, 0.25) is 5.02 Å². The first-order valence-corrected chi connectivity index (χ1v) is 55.7.